The van der Waals surface area contributed by atoms with Gasteiger partial charge in [-0.2, -0.15) is 0 Å². The number of piperidine rings is 1. The number of benzene rings is 1. The van der Waals surface area contributed by atoms with Gasteiger partial charge in [-0.05, 0) is 50.5 Å². The minimum Gasteiger partial charge on any atom is -0.466 e. The number of likely N-dealkylation sites (tertiary alicyclic amines) is 1. The zero-order valence-electron chi connectivity index (χ0n) is 19.3. The number of aryl methyl sites for hydroxylation is 1. The van der Waals surface area contributed by atoms with Crippen LogP contribution in [0, 0.1) is 6.92 Å². The maximum Gasteiger partial charge on any atom is 0.338 e. The van der Waals surface area contributed by atoms with E-state index in [1.807, 2.05) is 42.4 Å². The molecule has 1 amide bonds. The molecular formula is C25H31N3O3S. The molecule has 3 heterocycles. The van der Waals surface area contributed by atoms with Crippen LogP contribution in [0.5, 0.6) is 0 Å². The van der Waals surface area contributed by atoms with Crippen molar-refractivity contribution in [1.82, 2.24) is 9.80 Å². The number of ether oxygens (including phenoxy) is 1. The molecule has 0 unspecified atom stereocenters. The number of fused-ring (bicyclic) bond motifs is 1. The highest BCUT2D eigenvalue weighted by Crippen LogP contribution is 2.45. The molecule has 0 bridgehead atoms. The topological polar surface area (TPSA) is 62.2 Å². The average molecular weight is 454 g/mol. The maximum absolute atomic E-state index is 13.2. The molecule has 0 aromatic heterocycles. The van der Waals surface area contributed by atoms with Gasteiger partial charge >= 0.3 is 5.97 Å². The fraction of sp³-hybridized carbons (Fsp3) is 0.480. The van der Waals surface area contributed by atoms with E-state index in [1.165, 1.54) is 25.3 Å². The molecule has 1 fully saturated rings. The number of carbonyl (C=O) groups excluding carboxylic acids is 2. The molecule has 32 heavy (non-hydrogen) atoms. The molecule has 7 heteroatoms. The molecule has 0 N–H and O–H groups in total. The summed E-state index contributed by atoms with van der Waals surface area (Å²) in [6, 6.07) is 8.08. The average Bonchev–Trinajstić information content (AvgIpc) is 3.19. The lowest BCUT2D eigenvalue weighted by Crippen LogP contribution is -2.43. The number of rotatable bonds is 5. The summed E-state index contributed by atoms with van der Waals surface area (Å²) in [5.41, 5.74) is 4.30. The predicted octanol–water partition coefficient (Wildman–Crippen LogP) is 4.92. The van der Waals surface area contributed by atoms with E-state index in [9.17, 15) is 9.59 Å². The third-order valence-electron chi connectivity index (χ3n) is 6.44. The van der Waals surface area contributed by atoms with Crippen molar-refractivity contribution in [2.75, 3.05) is 13.7 Å². The van der Waals surface area contributed by atoms with Crippen LogP contribution in [0.2, 0.25) is 0 Å². The standard InChI is InChI=1S/C25H31N3O3S/c1-5-20-22(24(30)31-4)23(18-11-8-9-16(2)13-18)28-19(15-32-25(28)26-20)14-21(29)27-12-7-6-10-17(27)3/h8-9,11,13,15,17,23H,5-7,10,12,14H2,1-4H3/t17-,23+/m1/s1. The van der Waals surface area contributed by atoms with Crippen LogP contribution in [-0.2, 0) is 14.3 Å². The molecule has 0 spiro atoms. The van der Waals surface area contributed by atoms with Gasteiger partial charge in [0.25, 0.3) is 0 Å². The van der Waals surface area contributed by atoms with E-state index in [-0.39, 0.29) is 24.0 Å². The summed E-state index contributed by atoms with van der Waals surface area (Å²) in [6.45, 7) is 6.99. The van der Waals surface area contributed by atoms with Crippen LogP contribution in [0.3, 0.4) is 0 Å². The first-order valence-electron chi connectivity index (χ1n) is 11.4. The van der Waals surface area contributed by atoms with Crippen molar-refractivity contribution in [1.29, 1.82) is 0 Å². The molecule has 3 aliphatic rings. The first kappa shape index (κ1) is 22.6. The lowest BCUT2D eigenvalue weighted by atomic mass is 9.92. The third kappa shape index (κ3) is 4.22. The second-order valence-corrected chi connectivity index (χ2v) is 9.46. The number of hydrogen-bond acceptors (Lipinski definition) is 6. The van der Waals surface area contributed by atoms with Crippen LogP contribution in [0.1, 0.15) is 63.1 Å². The van der Waals surface area contributed by atoms with E-state index in [0.717, 1.165) is 47.1 Å². The van der Waals surface area contributed by atoms with Crippen molar-refractivity contribution in [3.63, 3.8) is 0 Å². The zero-order valence-corrected chi connectivity index (χ0v) is 20.1. The highest BCUT2D eigenvalue weighted by molar-refractivity contribution is 8.16. The fourth-order valence-corrected chi connectivity index (χ4v) is 5.73. The highest BCUT2D eigenvalue weighted by atomic mass is 32.2. The number of amides is 1. The van der Waals surface area contributed by atoms with Gasteiger partial charge in [0.05, 0.1) is 30.8 Å². The number of hydrogen-bond donors (Lipinski definition) is 0. The largest absolute Gasteiger partial charge is 0.466 e. The van der Waals surface area contributed by atoms with E-state index < -0.39 is 0 Å². The molecule has 6 nitrogen and oxygen atoms in total. The lowest BCUT2D eigenvalue weighted by molar-refractivity contribution is -0.136. The number of aliphatic imine (C=N–C) groups is 1. The number of amidine groups is 1. The van der Waals surface area contributed by atoms with Crippen LogP contribution in [0.15, 0.2) is 51.6 Å². The van der Waals surface area contributed by atoms with Gasteiger partial charge in [-0.15, -0.1) is 0 Å². The summed E-state index contributed by atoms with van der Waals surface area (Å²) in [5, 5.41) is 2.83. The lowest BCUT2D eigenvalue weighted by Gasteiger charge is -2.38. The van der Waals surface area contributed by atoms with Crippen LogP contribution >= 0.6 is 11.8 Å². The van der Waals surface area contributed by atoms with Gasteiger partial charge in [-0.3, -0.25) is 4.79 Å². The molecule has 0 aliphatic carbocycles. The Morgan fingerprint density at radius 2 is 2.09 bits per heavy atom. The van der Waals surface area contributed by atoms with Gasteiger partial charge in [0.15, 0.2) is 5.17 Å². The van der Waals surface area contributed by atoms with Crippen molar-refractivity contribution in [2.24, 2.45) is 4.99 Å². The van der Waals surface area contributed by atoms with Crippen molar-refractivity contribution in [2.45, 2.75) is 65.0 Å². The summed E-state index contributed by atoms with van der Waals surface area (Å²) < 4.78 is 5.18. The minimum atomic E-state index is -0.372. The van der Waals surface area contributed by atoms with E-state index in [2.05, 4.69) is 17.9 Å². The second-order valence-electron chi connectivity index (χ2n) is 8.62. The van der Waals surface area contributed by atoms with Gasteiger partial charge in [-0.25, -0.2) is 9.79 Å². The summed E-state index contributed by atoms with van der Waals surface area (Å²) in [6.07, 6.45) is 4.21. The van der Waals surface area contributed by atoms with Crippen LogP contribution in [0.4, 0.5) is 0 Å². The Labute approximate surface area is 194 Å². The zero-order chi connectivity index (χ0) is 22.8. The van der Waals surface area contributed by atoms with Crippen LogP contribution < -0.4 is 0 Å². The summed E-state index contributed by atoms with van der Waals surface area (Å²) >= 11 is 1.52. The fourth-order valence-electron chi connectivity index (χ4n) is 4.79. The monoisotopic (exact) mass is 453 g/mol. The normalized spacial score (nSPS) is 23.0. The second kappa shape index (κ2) is 9.53. The van der Waals surface area contributed by atoms with Crippen molar-refractivity contribution in [3.8, 4) is 0 Å². The molecule has 1 aromatic carbocycles. The predicted molar refractivity (Wildman–Crippen MR) is 128 cm³/mol. The molecule has 3 aliphatic heterocycles. The Bertz CT molecular complexity index is 1010. The highest BCUT2D eigenvalue weighted by Gasteiger charge is 2.42. The third-order valence-corrected chi connectivity index (χ3v) is 7.33. The van der Waals surface area contributed by atoms with Crippen molar-refractivity contribution >= 4 is 28.8 Å². The first-order chi connectivity index (χ1) is 15.4. The quantitative estimate of drug-likeness (QED) is 0.592. The number of thioether (sulfide) groups is 1. The molecule has 4 rings (SSSR count). The molecule has 170 valence electrons. The van der Waals surface area contributed by atoms with Crippen molar-refractivity contribution in [3.05, 3.63) is 57.8 Å². The van der Waals surface area contributed by atoms with E-state index in [1.54, 1.807) is 0 Å². The Balaban J connectivity index is 1.72. The van der Waals surface area contributed by atoms with Gasteiger partial charge in [0.1, 0.15) is 0 Å². The molecule has 1 saturated heterocycles. The molecule has 1 aromatic rings. The number of nitrogens with zero attached hydrogens (tertiary/aromatic N) is 3. The molecule has 2 atom stereocenters. The Morgan fingerprint density at radius 3 is 2.78 bits per heavy atom. The number of allylic oxidation sites excluding steroid dienone is 1. The van der Waals surface area contributed by atoms with E-state index >= 15 is 0 Å². The van der Waals surface area contributed by atoms with Gasteiger partial charge in [0.2, 0.25) is 5.91 Å². The Hall–Kier alpha value is -2.54. The van der Waals surface area contributed by atoms with E-state index in [4.69, 9.17) is 9.73 Å². The van der Waals surface area contributed by atoms with Gasteiger partial charge in [-0.1, -0.05) is 48.5 Å². The molecule has 0 radical (unpaired) electrons. The van der Waals surface area contributed by atoms with Crippen LogP contribution in [-0.4, -0.2) is 46.5 Å². The summed E-state index contributed by atoms with van der Waals surface area (Å²) in [5.74, 6) is -0.235. The number of methoxy groups -OCH3 is 1. The van der Waals surface area contributed by atoms with Crippen LogP contribution in [0.25, 0.3) is 0 Å². The number of esters is 1. The Kier molecular flexibility index (Phi) is 6.74. The first-order valence-corrected chi connectivity index (χ1v) is 12.2. The number of carbonyl (C=O) groups is 2. The molecule has 0 saturated carbocycles. The van der Waals surface area contributed by atoms with Crippen molar-refractivity contribution < 1.29 is 14.3 Å². The van der Waals surface area contributed by atoms with Gasteiger partial charge < -0.3 is 14.5 Å². The molecular weight excluding hydrogens is 422 g/mol. The smallest absolute Gasteiger partial charge is 0.338 e. The summed E-state index contributed by atoms with van der Waals surface area (Å²) in [4.78, 5) is 35.0. The SMILES string of the molecule is CCC1=C(C(=O)OC)[C@H](c2cccc(C)c2)N2C(CC(=O)N3CCCC[C@H]3C)=CSC2=N1. The Morgan fingerprint density at radius 1 is 1.28 bits per heavy atom. The summed E-state index contributed by atoms with van der Waals surface area (Å²) in [7, 11) is 1.41. The van der Waals surface area contributed by atoms with E-state index in [0.29, 0.717) is 18.4 Å². The van der Waals surface area contributed by atoms with Gasteiger partial charge in [0, 0.05) is 18.3 Å². The maximum atomic E-state index is 13.2. The minimum absolute atomic E-state index is 0.137.